The molecule has 3 aromatic rings. The number of hydrogen-bond donors (Lipinski definition) is 0. The van der Waals surface area contributed by atoms with Gasteiger partial charge in [-0.05, 0) is 18.1 Å². The van der Waals surface area contributed by atoms with Gasteiger partial charge in [-0.2, -0.15) is 0 Å². The molecule has 2 heterocycles. The zero-order valence-electron chi connectivity index (χ0n) is 20.1. The van der Waals surface area contributed by atoms with Gasteiger partial charge in [-0.15, -0.1) is 11.3 Å². The van der Waals surface area contributed by atoms with Crippen molar-refractivity contribution in [1.29, 1.82) is 0 Å². The van der Waals surface area contributed by atoms with E-state index in [1.165, 1.54) is 22.5 Å². The fraction of sp³-hybridized carbons (Fsp3) is 0.370. The van der Waals surface area contributed by atoms with Crippen molar-refractivity contribution in [2.75, 3.05) is 40.3 Å². The molecule has 0 bridgehead atoms. The van der Waals surface area contributed by atoms with Gasteiger partial charge in [-0.3, -0.25) is 14.5 Å². The van der Waals surface area contributed by atoms with E-state index in [1.807, 2.05) is 48.2 Å². The molecule has 0 radical (unpaired) electrons. The van der Waals surface area contributed by atoms with Gasteiger partial charge < -0.3 is 9.80 Å². The number of nitrogens with zero attached hydrogens (tertiary/aromatic N) is 4. The Morgan fingerprint density at radius 3 is 2.03 bits per heavy atom. The largest absolute Gasteiger partial charge is 0.344 e. The lowest BCUT2D eigenvalue weighted by Crippen LogP contribution is -2.48. The lowest BCUT2D eigenvalue weighted by atomic mass is 9.88. The van der Waals surface area contributed by atoms with Crippen LogP contribution in [0.4, 0.5) is 0 Å². The van der Waals surface area contributed by atoms with Crippen molar-refractivity contribution in [1.82, 2.24) is 19.7 Å². The van der Waals surface area contributed by atoms with Gasteiger partial charge in [0.05, 0.1) is 12.2 Å². The first kappa shape index (κ1) is 24.1. The van der Waals surface area contributed by atoms with Crippen LogP contribution in [-0.2, 0) is 11.3 Å². The summed E-state index contributed by atoms with van der Waals surface area (Å²) >= 11 is 1.48. The highest BCUT2D eigenvalue weighted by Gasteiger charge is 2.26. The first-order valence-corrected chi connectivity index (χ1v) is 12.5. The Balaban J connectivity index is 1.36. The van der Waals surface area contributed by atoms with Crippen molar-refractivity contribution in [3.05, 3.63) is 87.4 Å². The minimum atomic E-state index is 0.00283. The Morgan fingerprint density at radius 2 is 1.50 bits per heavy atom. The van der Waals surface area contributed by atoms with Gasteiger partial charge in [-0.25, -0.2) is 4.98 Å². The molecule has 1 aliphatic rings. The van der Waals surface area contributed by atoms with Gasteiger partial charge in [0.1, 0.15) is 9.88 Å². The van der Waals surface area contributed by atoms with Crippen LogP contribution in [0.5, 0.6) is 0 Å². The molecular weight excluding hydrogens is 444 g/mol. The van der Waals surface area contributed by atoms with Crippen molar-refractivity contribution >= 4 is 23.2 Å². The van der Waals surface area contributed by atoms with Crippen LogP contribution in [0.1, 0.15) is 43.8 Å². The van der Waals surface area contributed by atoms with Gasteiger partial charge in [-0.1, -0.05) is 60.7 Å². The number of thiazole rings is 1. The molecule has 7 heteroatoms. The summed E-state index contributed by atoms with van der Waals surface area (Å²) in [7, 11) is 3.52. The fourth-order valence-electron chi connectivity index (χ4n) is 4.37. The molecule has 6 nitrogen and oxygen atoms in total. The van der Waals surface area contributed by atoms with Crippen LogP contribution in [0.25, 0.3) is 0 Å². The third-order valence-electron chi connectivity index (χ3n) is 6.31. The molecule has 1 saturated heterocycles. The standard InChI is InChI=1S/C27H32N4O2S/c1-20-26(27(33)29(2)3)34-24(28-20)19-30-14-16-31(17-15-30)25(32)18-23(21-10-6-4-7-11-21)22-12-8-5-9-13-22/h4-13,23H,14-19H2,1-3H3. The zero-order valence-corrected chi connectivity index (χ0v) is 20.9. The first-order chi connectivity index (χ1) is 16.4. The predicted octanol–water partition coefficient (Wildman–Crippen LogP) is 4.02. The molecule has 0 atom stereocenters. The SMILES string of the molecule is Cc1nc(CN2CCN(C(=O)CC(c3ccccc3)c3ccccc3)CC2)sc1C(=O)N(C)C. The fourth-order valence-corrected chi connectivity index (χ4v) is 5.50. The molecule has 1 fully saturated rings. The summed E-state index contributed by atoms with van der Waals surface area (Å²) in [4.78, 5) is 36.8. The number of rotatable bonds is 7. The summed E-state index contributed by atoms with van der Waals surface area (Å²) in [5, 5.41) is 0.954. The van der Waals surface area contributed by atoms with E-state index in [4.69, 9.17) is 0 Å². The molecule has 4 rings (SSSR count). The van der Waals surface area contributed by atoms with Gasteiger partial charge in [0, 0.05) is 52.6 Å². The highest BCUT2D eigenvalue weighted by atomic mass is 32.1. The summed E-state index contributed by atoms with van der Waals surface area (Å²) < 4.78 is 0. The van der Waals surface area contributed by atoms with Gasteiger partial charge in [0.25, 0.3) is 5.91 Å². The van der Waals surface area contributed by atoms with Crippen LogP contribution in [0.15, 0.2) is 60.7 Å². The molecule has 2 aromatic carbocycles. The molecule has 34 heavy (non-hydrogen) atoms. The minimum absolute atomic E-state index is 0.00283. The second-order valence-electron chi connectivity index (χ2n) is 8.96. The van der Waals surface area contributed by atoms with Gasteiger partial charge >= 0.3 is 0 Å². The molecular formula is C27H32N4O2S. The first-order valence-electron chi connectivity index (χ1n) is 11.7. The molecule has 0 saturated carbocycles. The van der Waals surface area contributed by atoms with E-state index in [9.17, 15) is 9.59 Å². The highest BCUT2D eigenvalue weighted by Crippen LogP contribution is 2.29. The van der Waals surface area contributed by atoms with Crippen LogP contribution >= 0.6 is 11.3 Å². The van der Waals surface area contributed by atoms with Crippen molar-refractivity contribution < 1.29 is 9.59 Å². The minimum Gasteiger partial charge on any atom is -0.344 e. The monoisotopic (exact) mass is 476 g/mol. The Bertz CT molecular complexity index is 1070. The van der Waals surface area contributed by atoms with Crippen LogP contribution < -0.4 is 0 Å². The quantitative estimate of drug-likeness (QED) is 0.517. The van der Waals surface area contributed by atoms with E-state index in [1.54, 1.807) is 19.0 Å². The number of hydrogen-bond acceptors (Lipinski definition) is 5. The van der Waals surface area contributed by atoms with Crippen molar-refractivity contribution in [3.63, 3.8) is 0 Å². The van der Waals surface area contributed by atoms with E-state index < -0.39 is 0 Å². The van der Waals surface area contributed by atoms with E-state index in [-0.39, 0.29) is 17.7 Å². The normalized spacial score (nSPS) is 14.4. The van der Waals surface area contributed by atoms with E-state index in [2.05, 4.69) is 34.1 Å². The van der Waals surface area contributed by atoms with E-state index in [0.29, 0.717) is 30.9 Å². The average Bonchev–Trinajstić information content (AvgIpc) is 3.23. The Hall–Kier alpha value is -3.03. The van der Waals surface area contributed by atoms with Crippen LogP contribution in [-0.4, -0.2) is 71.8 Å². The number of carbonyl (C=O) groups is 2. The highest BCUT2D eigenvalue weighted by molar-refractivity contribution is 7.13. The molecule has 0 N–H and O–H groups in total. The van der Waals surface area contributed by atoms with E-state index in [0.717, 1.165) is 23.8 Å². The second kappa shape index (κ2) is 10.9. The van der Waals surface area contributed by atoms with Crippen molar-refractivity contribution in [2.45, 2.75) is 25.8 Å². The summed E-state index contributed by atoms with van der Waals surface area (Å²) in [6.45, 7) is 5.64. The number of aryl methyl sites for hydroxylation is 1. The summed E-state index contributed by atoms with van der Waals surface area (Å²) in [5.41, 5.74) is 3.13. The Labute approximate surface area is 205 Å². The molecule has 178 valence electrons. The van der Waals surface area contributed by atoms with Crippen molar-refractivity contribution in [2.24, 2.45) is 0 Å². The molecule has 1 aliphatic heterocycles. The molecule has 2 amide bonds. The molecule has 0 aliphatic carbocycles. The summed E-state index contributed by atoms with van der Waals surface area (Å²) in [6.07, 6.45) is 0.468. The third kappa shape index (κ3) is 5.72. The molecule has 0 spiro atoms. The lowest BCUT2D eigenvalue weighted by Gasteiger charge is -2.35. The maximum Gasteiger partial charge on any atom is 0.265 e. The average molecular weight is 477 g/mol. The Morgan fingerprint density at radius 1 is 0.941 bits per heavy atom. The number of carbonyl (C=O) groups excluding carboxylic acids is 2. The predicted molar refractivity (Wildman–Crippen MR) is 136 cm³/mol. The lowest BCUT2D eigenvalue weighted by molar-refractivity contribution is -0.133. The maximum atomic E-state index is 13.3. The third-order valence-corrected chi connectivity index (χ3v) is 7.44. The molecule has 0 unspecified atom stereocenters. The van der Waals surface area contributed by atoms with Gasteiger partial charge in [0.15, 0.2) is 0 Å². The number of aromatic nitrogens is 1. The van der Waals surface area contributed by atoms with Crippen molar-refractivity contribution in [3.8, 4) is 0 Å². The molecule has 1 aromatic heterocycles. The number of amides is 2. The zero-order chi connectivity index (χ0) is 24.1. The van der Waals surface area contributed by atoms with Crippen LogP contribution in [0.3, 0.4) is 0 Å². The van der Waals surface area contributed by atoms with Crippen LogP contribution in [0, 0.1) is 6.92 Å². The van der Waals surface area contributed by atoms with E-state index >= 15 is 0 Å². The summed E-state index contributed by atoms with van der Waals surface area (Å²) in [6, 6.07) is 20.6. The Kier molecular flexibility index (Phi) is 7.75. The second-order valence-corrected chi connectivity index (χ2v) is 10.0. The number of benzene rings is 2. The maximum absolute atomic E-state index is 13.3. The summed E-state index contributed by atoms with van der Waals surface area (Å²) in [5.74, 6) is 0.253. The van der Waals surface area contributed by atoms with Gasteiger partial charge in [0.2, 0.25) is 5.91 Å². The van der Waals surface area contributed by atoms with Crippen LogP contribution in [0.2, 0.25) is 0 Å². The number of piperazine rings is 1. The topological polar surface area (TPSA) is 56.8 Å². The smallest absolute Gasteiger partial charge is 0.265 e.